The lowest BCUT2D eigenvalue weighted by atomic mass is 9.78. The van der Waals surface area contributed by atoms with Crippen molar-refractivity contribution in [3.8, 4) is 0 Å². The fraction of sp³-hybridized carbons (Fsp3) is 0.769. The maximum atomic E-state index is 6.42. The quantitative estimate of drug-likeness (QED) is 0.616. The third-order valence-corrected chi connectivity index (χ3v) is 4.48. The van der Waals surface area contributed by atoms with Crippen molar-refractivity contribution in [2.45, 2.75) is 58.5 Å². The number of rotatable bonds is 6. The van der Waals surface area contributed by atoms with E-state index in [2.05, 4.69) is 24.4 Å². The predicted molar refractivity (Wildman–Crippen MR) is 74.4 cm³/mol. The molecule has 3 N–H and O–H groups in total. The summed E-state index contributed by atoms with van der Waals surface area (Å²) < 4.78 is 2.02. The van der Waals surface area contributed by atoms with Gasteiger partial charge in [0.05, 0.1) is 16.4 Å². The van der Waals surface area contributed by atoms with E-state index in [0.717, 1.165) is 35.8 Å². The zero-order chi connectivity index (χ0) is 13.1. The minimum absolute atomic E-state index is 0.322. The maximum Gasteiger partial charge on any atom is 0.0850 e. The van der Waals surface area contributed by atoms with Gasteiger partial charge in [-0.2, -0.15) is 5.10 Å². The Kier molecular flexibility index (Phi) is 4.65. The van der Waals surface area contributed by atoms with Gasteiger partial charge in [0.15, 0.2) is 0 Å². The molecule has 1 aliphatic rings. The summed E-state index contributed by atoms with van der Waals surface area (Å²) in [6.07, 6.45) is 5.62. The number of halogens is 1. The van der Waals surface area contributed by atoms with Crippen molar-refractivity contribution in [2.24, 2.45) is 11.8 Å². The monoisotopic (exact) mass is 270 g/mol. The molecule has 1 aromatic heterocycles. The molecule has 5 heteroatoms. The second-order valence-corrected chi connectivity index (χ2v) is 5.42. The fourth-order valence-corrected chi connectivity index (χ4v) is 2.97. The van der Waals surface area contributed by atoms with E-state index >= 15 is 0 Å². The Morgan fingerprint density at radius 2 is 2.22 bits per heavy atom. The van der Waals surface area contributed by atoms with E-state index in [0.29, 0.717) is 12.0 Å². The Bertz CT molecular complexity index is 398. The molecule has 18 heavy (non-hydrogen) atoms. The van der Waals surface area contributed by atoms with E-state index in [9.17, 15) is 0 Å². The van der Waals surface area contributed by atoms with Gasteiger partial charge in [0, 0.05) is 19.0 Å². The lowest BCUT2D eigenvalue weighted by molar-refractivity contribution is 0.226. The van der Waals surface area contributed by atoms with Crippen molar-refractivity contribution in [2.75, 3.05) is 0 Å². The molecule has 0 saturated heterocycles. The van der Waals surface area contributed by atoms with Gasteiger partial charge in [-0.1, -0.05) is 24.9 Å². The first-order valence-corrected chi connectivity index (χ1v) is 7.29. The molecule has 4 nitrogen and oxygen atoms in total. The number of nitrogens with zero attached hydrogens (tertiary/aromatic N) is 2. The Hall–Kier alpha value is -0.580. The second kappa shape index (κ2) is 6.04. The molecule has 0 spiro atoms. The molecule has 1 atom stereocenters. The van der Waals surface area contributed by atoms with Crippen molar-refractivity contribution in [1.29, 1.82) is 0 Å². The van der Waals surface area contributed by atoms with Crippen LogP contribution in [0.1, 0.15) is 44.5 Å². The predicted octanol–water partition coefficient (Wildman–Crippen LogP) is 2.29. The van der Waals surface area contributed by atoms with Crippen LogP contribution in [0.3, 0.4) is 0 Å². The van der Waals surface area contributed by atoms with Crippen LogP contribution in [0.4, 0.5) is 0 Å². The maximum absolute atomic E-state index is 6.42. The zero-order valence-corrected chi connectivity index (χ0v) is 12.0. The normalized spacial score (nSPS) is 17.8. The molecule has 102 valence electrons. The van der Waals surface area contributed by atoms with Crippen LogP contribution in [0, 0.1) is 5.92 Å². The Labute approximate surface area is 114 Å². The van der Waals surface area contributed by atoms with E-state index in [1.54, 1.807) is 0 Å². The molecule has 1 fully saturated rings. The van der Waals surface area contributed by atoms with E-state index in [-0.39, 0.29) is 0 Å². The SMILES string of the molecule is CCc1nn(CC)c(CC(NN)C2CCC2)c1Cl. The number of hydrogen-bond acceptors (Lipinski definition) is 3. The number of hydrazine groups is 1. The van der Waals surface area contributed by atoms with E-state index in [4.69, 9.17) is 17.4 Å². The third kappa shape index (κ3) is 2.56. The molecule has 0 radical (unpaired) electrons. The van der Waals surface area contributed by atoms with Crippen LogP contribution in [-0.4, -0.2) is 15.8 Å². The van der Waals surface area contributed by atoms with Crippen molar-refractivity contribution >= 4 is 11.6 Å². The molecule has 0 aliphatic heterocycles. The Balaban J connectivity index is 2.17. The lowest BCUT2D eigenvalue weighted by Gasteiger charge is -2.33. The average molecular weight is 271 g/mol. The first kappa shape index (κ1) is 13.8. The van der Waals surface area contributed by atoms with Crippen LogP contribution >= 0.6 is 11.6 Å². The van der Waals surface area contributed by atoms with Gasteiger partial charge in [-0.15, -0.1) is 0 Å². The standard InChI is InChI=1S/C13H23ClN4/c1-3-10-13(14)12(18(4-2)17-10)8-11(16-15)9-6-5-7-9/h9,11,16H,3-8,15H2,1-2H3. The average Bonchev–Trinajstić information content (AvgIpc) is 2.63. The van der Waals surface area contributed by atoms with Gasteiger partial charge < -0.3 is 0 Å². The highest BCUT2D eigenvalue weighted by Gasteiger charge is 2.28. The van der Waals surface area contributed by atoms with Crippen molar-refractivity contribution in [3.05, 3.63) is 16.4 Å². The van der Waals surface area contributed by atoms with Crippen LogP contribution in [0.15, 0.2) is 0 Å². The van der Waals surface area contributed by atoms with Crippen LogP contribution in [0.5, 0.6) is 0 Å². The minimum atomic E-state index is 0.322. The highest BCUT2D eigenvalue weighted by molar-refractivity contribution is 6.31. The molecule has 0 aromatic carbocycles. The molecule has 1 saturated carbocycles. The minimum Gasteiger partial charge on any atom is -0.271 e. The number of hydrogen-bond donors (Lipinski definition) is 2. The molecule has 1 aliphatic carbocycles. The lowest BCUT2D eigenvalue weighted by Crippen LogP contribution is -2.45. The molecule has 2 rings (SSSR count). The molecule has 1 unspecified atom stereocenters. The summed E-state index contributed by atoms with van der Waals surface area (Å²) in [5.41, 5.74) is 5.09. The Morgan fingerprint density at radius 1 is 1.50 bits per heavy atom. The van der Waals surface area contributed by atoms with Crippen LogP contribution in [-0.2, 0) is 19.4 Å². The van der Waals surface area contributed by atoms with Gasteiger partial charge in [0.2, 0.25) is 0 Å². The number of aryl methyl sites for hydroxylation is 2. The summed E-state index contributed by atoms with van der Waals surface area (Å²) in [6, 6.07) is 0.322. The highest BCUT2D eigenvalue weighted by atomic mass is 35.5. The molecule has 0 bridgehead atoms. The molecule has 0 amide bonds. The molecular formula is C13H23ClN4. The first-order valence-electron chi connectivity index (χ1n) is 6.91. The molecule has 1 aromatic rings. The highest BCUT2D eigenvalue weighted by Crippen LogP contribution is 2.32. The summed E-state index contributed by atoms with van der Waals surface area (Å²) in [5, 5.41) is 5.39. The fourth-order valence-electron chi connectivity index (χ4n) is 2.62. The summed E-state index contributed by atoms with van der Waals surface area (Å²) in [5.74, 6) is 6.38. The van der Waals surface area contributed by atoms with Gasteiger partial charge in [-0.3, -0.25) is 16.0 Å². The van der Waals surface area contributed by atoms with Crippen molar-refractivity contribution < 1.29 is 0 Å². The van der Waals surface area contributed by atoms with Gasteiger partial charge in [0.25, 0.3) is 0 Å². The van der Waals surface area contributed by atoms with Crippen LogP contribution < -0.4 is 11.3 Å². The van der Waals surface area contributed by atoms with E-state index in [1.807, 2.05) is 4.68 Å². The van der Waals surface area contributed by atoms with E-state index < -0.39 is 0 Å². The van der Waals surface area contributed by atoms with Crippen molar-refractivity contribution in [1.82, 2.24) is 15.2 Å². The van der Waals surface area contributed by atoms with Gasteiger partial charge in [0.1, 0.15) is 0 Å². The largest absolute Gasteiger partial charge is 0.271 e. The van der Waals surface area contributed by atoms with Gasteiger partial charge in [-0.25, -0.2) is 0 Å². The molecular weight excluding hydrogens is 248 g/mol. The summed E-state index contributed by atoms with van der Waals surface area (Å²) >= 11 is 6.42. The number of nitrogens with one attached hydrogen (secondary N) is 1. The Morgan fingerprint density at radius 3 is 2.67 bits per heavy atom. The second-order valence-electron chi connectivity index (χ2n) is 5.04. The zero-order valence-electron chi connectivity index (χ0n) is 11.2. The summed E-state index contributed by atoms with van der Waals surface area (Å²) in [7, 11) is 0. The number of aromatic nitrogens is 2. The topological polar surface area (TPSA) is 55.9 Å². The number of nitrogens with two attached hydrogens (primary N) is 1. The first-order chi connectivity index (χ1) is 8.71. The summed E-state index contributed by atoms with van der Waals surface area (Å²) in [6.45, 7) is 5.04. The van der Waals surface area contributed by atoms with E-state index in [1.165, 1.54) is 19.3 Å². The smallest absolute Gasteiger partial charge is 0.0850 e. The van der Waals surface area contributed by atoms with Crippen molar-refractivity contribution in [3.63, 3.8) is 0 Å². The van der Waals surface area contributed by atoms with Crippen LogP contribution in [0.25, 0.3) is 0 Å². The van der Waals surface area contributed by atoms with Gasteiger partial charge in [-0.05, 0) is 32.1 Å². The third-order valence-electron chi connectivity index (χ3n) is 4.04. The van der Waals surface area contributed by atoms with Crippen LogP contribution in [0.2, 0.25) is 5.02 Å². The van der Waals surface area contributed by atoms with Gasteiger partial charge >= 0.3 is 0 Å². The molecule has 1 heterocycles. The summed E-state index contributed by atoms with van der Waals surface area (Å²) in [4.78, 5) is 0.